The first-order valence-electron chi connectivity index (χ1n) is 4.77. The van der Waals surface area contributed by atoms with Crippen LogP contribution < -0.4 is 10.7 Å². The molecule has 0 atom stereocenters. The maximum Gasteiger partial charge on any atom is 0.334 e. The standard InChI is InChI=1S/C11H13N3O/c1-2-7-13-8-9-5-3-4-6-10(9)14(13)11(12)15/h2-6H,1,7-8H2,(H2,12,15). The minimum absolute atomic E-state index is 0.457. The van der Waals surface area contributed by atoms with Crippen molar-refractivity contribution >= 4 is 11.7 Å². The lowest BCUT2D eigenvalue weighted by atomic mass is 10.2. The fraction of sp³-hybridized carbons (Fsp3) is 0.182. The lowest BCUT2D eigenvalue weighted by Gasteiger charge is -2.25. The lowest BCUT2D eigenvalue weighted by molar-refractivity contribution is 0.229. The first-order chi connectivity index (χ1) is 7.24. The monoisotopic (exact) mass is 203 g/mol. The first kappa shape index (κ1) is 9.73. The van der Waals surface area contributed by atoms with Gasteiger partial charge in [-0.1, -0.05) is 24.3 Å². The molecular formula is C11H13N3O. The number of nitrogens with zero attached hydrogens (tertiary/aromatic N) is 2. The summed E-state index contributed by atoms with van der Waals surface area (Å²) in [6, 6.07) is 7.28. The number of para-hydroxylation sites is 1. The van der Waals surface area contributed by atoms with Gasteiger partial charge < -0.3 is 5.73 Å². The first-order valence-corrected chi connectivity index (χ1v) is 4.77. The summed E-state index contributed by atoms with van der Waals surface area (Å²) in [5, 5.41) is 3.36. The van der Waals surface area contributed by atoms with Gasteiger partial charge in [-0.3, -0.25) is 0 Å². The normalized spacial score (nSPS) is 15.1. The largest absolute Gasteiger partial charge is 0.350 e. The van der Waals surface area contributed by atoms with E-state index >= 15 is 0 Å². The molecule has 2 rings (SSSR count). The summed E-state index contributed by atoms with van der Waals surface area (Å²) >= 11 is 0. The molecule has 2 amide bonds. The van der Waals surface area contributed by atoms with Gasteiger partial charge in [0.2, 0.25) is 0 Å². The van der Waals surface area contributed by atoms with Crippen molar-refractivity contribution in [3.8, 4) is 0 Å². The number of nitrogens with two attached hydrogens (primary N) is 1. The Hall–Kier alpha value is -1.81. The molecule has 1 aromatic rings. The molecule has 0 spiro atoms. The van der Waals surface area contributed by atoms with Crippen LogP contribution in [0.2, 0.25) is 0 Å². The van der Waals surface area contributed by atoms with E-state index in [-0.39, 0.29) is 0 Å². The Bertz CT molecular complexity index is 403. The van der Waals surface area contributed by atoms with Gasteiger partial charge >= 0.3 is 6.03 Å². The third kappa shape index (κ3) is 1.59. The third-order valence-corrected chi connectivity index (χ3v) is 2.40. The number of benzene rings is 1. The number of primary amides is 1. The van der Waals surface area contributed by atoms with Crippen LogP contribution in [0.4, 0.5) is 10.5 Å². The van der Waals surface area contributed by atoms with Crippen LogP contribution in [0.3, 0.4) is 0 Å². The molecule has 78 valence electrons. The quantitative estimate of drug-likeness (QED) is 0.740. The van der Waals surface area contributed by atoms with Crippen LogP contribution in [0.5, 0.6) is 0 Å². The number of hydrogen-bond acceptors (Lipinski definition) is 2. The molecule has 1 aromatic carbocycles. The zero-order valence-electron chi connectivity index (χ0n) is 8.39. The molecule has 1 aliphatic heterocycles. The molecule has 0 radical (unpaired) electrons. The van der Waals surface area contributed by atoms with Crippen molar-refractivity contribution in [2.75, 3.05) is 11.6 Å². The van der Waals surface area contributed by atoms with Gasteiger partial charge in [-0.15, -0.1) is 6.58 Å². The molecular weight excluding hydrogens is 190 g/mol. The molecule has 0 bridgehead atoms. The second-order valence-corrected chi connectivity index (χ2v) is 3.41. The number of hydrazine groups is 1. The summed E-state index contributed by atoms with van der Waals surface area (Å²) in [4.78, 5) is 11.3. The molecule has 15 heavy (non-hydrogen) atoms. The van der Waals surface area contributed by atoms with Crippen molar-refractivity contribution in [3.63, 3.8) is 0 Å². The van der Waals surface area contributed by atoms with Gasteiger partial charge in [0.25, 0.3) is 0 Å². The minimum Gasteiger partial charge on any atom is -0.350 e. The zero-order chi connectivity index (χ0) is 10.8. The highest BCUT2D eigenvalue weighted by Gasteiger charge is 2.29. The fourth-order valence-electron chi connectivity index (χ4n) is 1.82. The molecule has 0 saturated carbocycles. The highest BCUT2D eigenvalue weighted by Crippen LogP contribution is 2.30. The van der Waals surface area contributed by atoms with E-state index in [4.69, 9.17) is 5.73 Å². The molecule has 0 unspecified atom stereocenters. The van der Waals surface area contributed by atoms with Gasteiger partial charge in [0.15, 0.2) is 0 Å². The van der Waals surface area contributed by atoms with Gasteiger partial charge in [0.05, 0.1) is 5.69 Å². The summed E-state index contributed by atoms with van der Waals surface area (Å²) < 4.78 is 0. The van der Waals surface area contributed by atoms with E-state index in [2.05, 4.69) is 6.58 Å². The average Bonchev–Trinajstić information content (AvgIpc) is 2.56. The Morgan fingerprint density at radius 3 is 2.93 bits per heavy atom. The number of hydrogen-bond donors (Lipinski definition) is 1. The predicted octanol–water partition coefficient (Wildman–Crippen LogP) is 1.49. The van der Waals surface area contributed by atoms with E-state index in [1.165, 1.54) is 5.01 Å². The number of rotatable bonds is 2. The topological polar surface area (TPSA) is 49.6 Å². The van der Waals surface area contributed by atoms with Gasteiger partial charge in [0, 0.05) is 13.1 Å². The number of fused-ring (bicyclic) bond motifs is 1. The fourth-order valence-corrected chi connectivity index (χ4v) is 1.82. The molecule has 4 nitrogen and oxygen atoms in total. The van der Waals surface area contributed by atoms with Crippen molar-refractivity contribution in [2.24, 2.45) is 5.73 Å². The SMILES string of the molecule is C=CCN1Cc2ccccc2N1C(N)=O. The maximum absolute atomic E-state index is 11.3. The summed E-state index contributed by atoms with van der Waals surface area (Å²) in [6.07, 6.45) is 1.75. The molecule has 0 saturated heterocycles. The molecule has 0 fully saturated rings. The highest BCUT2D eigenvalue weighted by atomic mass is 16.2. The number of anilines is 1. The molecule has 2 N–H and O–H groups in total. The molecule has 0 aliphatic carbocycles. The van der Waals surface area contributed by atoms with Crippen molar-refractivity contribution in [1.82, 2.24) is 5.01 Å². The summed E-state index contributed by atoms with van der Waals surface area (Å²) in [6.45, 7) is 4.97. The van der Waals surface area contributed by atoms with Crippen LogP contribution in [-0.4, -0.2) is 17.6 Å². The Morgan fingerprint density at radius 2 is 2.27 bits per heavy atom. The van der Waals surface area contributed by atoms with E-state index < -0.39 is 6.03 Å². The highest BCUT2D eigenvalue weighted by molar-refractivity contribution is 5.91. The van der Waals surface area contributed by atoms with E-state index in [0.29, 0.717) is 13.1 Å². The predicted molar refractivity (Wildman–Crippen MR) is 59.1 cm³/mol. The van der Waals surface area contributed by atoms with Gasteiger partial charge in [-0.05, 0) is 11.6 Å². The molecule has 1 aliphatic rings. The van der Waals surface area contributed by atoms with Crippen LogP contribution in [0.25, 0.3) is 0 Å². The Kier molecular flexibility index (Phi) is 2.43. The molecule has 0 aromatic heterocycles. The maximum atomic E-state index is 11.3. The van der Waals surface area contributed by atoms with E-state index in [9.17, 15) is 4.79 Å². The van der Waals surface area contributed by atoms with Crippen LogP contribution >= 0.6 is 0 Å². The van der Waals surface area contributed by atoms with Crippen molar-refractivity contribution in [2.45, 2.75) is 6.54 Å². The lowest BCUT2D eigenvalue weighted by Crippen LogP contribution is -2.45. The third-order valence-electron chi connectivity index (χ3n) is 2.40. The Labute approximate surface area is 88.6 Å². The summed E-state index contributed by atoms with van der Waals surface area (Å²) in [5.41, 5.74) is 7.32. The summed E-state index contributed by atoms with van der Waals surface area (Å²) in [5.74, 6) is 0. The van der Waals surface area contributed by atoms with Gasteiger partial charge in [-0.25, -0.2) is 14.8 Å². The van der Waals surface area contributed by atoms with Crippen molar-refractivity contribution in [1.29, 1.82) is 0 Å². The van der Waals surface area contributed by atoms with Crippen molar-refractivity contribution < 1.29 is 4.79 Å². The summed E-state index contributed by atoms with van der Waals surface area (Å²) in [7, 11) is 0. The van der Waals surface area contributed by atoms with Crippen LogP contribution in [0.15, 0.2) is 36.9 Å². The van der Waals surface area contributed by atoms with Crippen molar-refractivity contribution in [3.05, 3.63) is 42.5 Å². The van der Waals surface area contributed by atoms with Crippen LogP contribution in [0, 0.1) is 0 Å². The number of amides is 2. The van der Waals surface area contributed by atoms with Gasteiger partial charge in [0.1, 0.15) is 0 Å². The van der Waals surface area contributed by atoms with E-state index in [1.807, 2.05) is 29.3 Å². The second-order valence-electron chi connectivity index (χ2n) is 3.41. The number of carbonyl (C=O) groups is 1. The number of urea groups is 1. The Morgan fingerprint density at radius 1 is 1.53 bits per heavy atom. The van der Waals surface area contributed by atoms with Gasteiger partial charge in [-0.2, -0.15) is 0 Å². The average molecular weight is 203 g/mol. The molecule has 4 heteroatoms. The minimum atomic E-state index is -0.457. The smallest absolute Gasteiger partial charge is 0.334 e. The van der Waals surface area contributed by atoms with E-state index in [1.54, 1.807) is 6.08 Å². The zero-order valence-corrected chi connectivity index (χ0v) is 8.39. The second kappa shape index (κ2) is 3.74. The van der Waals surface area contributed by atoms with Crippen LogP contribution in [-0.2, 0) is 6.54 Å². The number of carbonyl (C=O) groups excluding carboxylic acids is 1. The molecule has 1 heterocycles. The van der Waals surface area contributed by atoms with E-state index in [0.717, 1.165) is 11.3 Å². The Balaban J connectivity index is 2.37. The van der Waals surface area contributed by atoms with Crippen LogP contribution in [0.1, 0.15) is 5.56 Å².